The van der Waals surface area contributed by atoms with Gasteiger partial charge in [-0.3, -0.25) is 4.79 Å². The van der Waals surface area contributed by atoms with Crippen LogP contribution >= 0.6 is 7.77 Å². The summed E-state index contributed by atoms with van der Waals surface area (Å²) in [4.78, 5) is 21.5. The predicted molar refractivity (Wildman–Crippen MR) is 54.3 cm³/mol. The van der Waals surface area contributed by atoms with Crippen LogP contribution in [-0.4, -0.2) is 35.4 Å². The molecule has 14 heavy (non-hydrogen) atoms. The SMILES string of the molecule is CC(C)OC[P+]([O-])=CC[C@H](N)C(=O)O. The van der Waals surface area contributed by atoms with E-state index >= 15 is 0 Å². The first kappa shape index (κ1) is 13.5. The third kappa shape index (κ3) is 6.97. The van der Waals surface area contributed by atoms with Crippen LogP contribution in [0.25, 0.3) is 0 Å². The molecular weight excluding hydrogens is 205 g/mol. The summed E-state index contributed by atoms with van der Waals surface area (Å²) in [7, 11) is -1.61. The Morgan fingerprint density at radius 1 is 1.71 bits per heavy atom. The van der Waals surface area contributed by atoms with Gasteiger partial charge < -0.3 is 20.5 Å². The minimum Gasteiger partial charge on any atom is -0.629 e. The Kier molecular flexibility index (Phi) is 6.66. The van der Waals surface area contributed by atoms with E-state index in [-0.39, 0.29) is 18.9 Å². The van der Waals surface area contributed by atoms with Crippen LogP contribution in [0.4, 0.5) is 0 Å². The molecule has 0 aromatic rings. The highest BCUT2D eigenvalue weighted by Gasteiger charge is 2.11. The van der Waals surface area contributed by atoms with Crippen molar-refractivity contribution in [2.24, 2.45) is 5.73 Å². The summed E-state index contributed by atoms with van der Waals surface area (Å²) in [6.45, 7) is 3.68. The quantitative estimate of drug-likeness (QED) is 0.602. The first-order valence-corrected chi connectivity index (χ1v) is 5.82. The van der Waals surface area contributed by atoms with Crippen molar-refractivity contribution in [3.63, 3.8) is 0 Å². The summed E-state index contributed by atoms with van der Waals surface area (Å²) in [6, 6.07) is -0.979. The summed E-state index contributed by atoms with van der Waals surface area (Å²) in [6.07, 6.45) is 0.251. The second kappa shape index (κ2) is 6.90. The van der Waals surface area contributed by atoms with Gasteiger partial charge in [0.2, 0.25) is 6.35 Å². The Hall–Kier alpha value is -0.480. The van der Waals surface area contributed by atoms with Crippen LogP contribution in [0.1, 0.15) is 20.3 Å². The van der Waals surface area contributed by atoms with Crippen molar-refractivity contribution in [1.29, 1.82) is 0 Å². The Morgan fingerprint density at radius 2 is 2.29 bits per heavy atom. The van der Waals surface area contributed by atoms with Gasteiger partial charge in [0.15, 0.2) is 0 Å². The normalized spacial score (nSPS) is 14.5. The molecule has 1 unspecified atom stereocenters. The number of aliphatic carboxylic acids is 1. The van der Waals surface area contributed by atoms with Crippen LogP contribution in [0.2, 0.25) is 0 Å². The molecule has 0 fully saturated rings. The van der Waals surface area contributed by atoms with Gasteiger partial charge in [0, 0.05) is 6.42 Å². The number of carboxylic acids is 1. The minimum absolute atomic E-state index is 0.0236. The largest absolute Gasteiger partial charge is 0.629 e. The number of hydrogen-bond donors (Lipinski definition) is 2. The summed E-state index contributed by atoms with van der Waals surface area (Å²) in [5.41, 5.74) is 5.22. The van der Waals surface area contributed by atoms with Crippen molar-refractivity contribution in [3.05, 3.63) is 0 Å². The molecule has 82 valence electrons. The van der Waals surface area contributed by atoms with E-state index in [2.05, 4.69) is 0 Å². The second-order valence-electron chi connectivity index (χ2n) is 3.12. The van der Waals surface area contributed by atoms with E-state index in [0.717, 1.165) is 0 Å². The maximum absolute atomic E-state index is 11.2. The van der Waals surface area contributed by atoms with E-state index in [0.29, 0.717) is 0 Å². The van der Waals surface area contributed by atoms with Crippen molar-refractivity contribution >= 4 is 19.5 Å². The van der Waals surface area contributed by atoms with E-state index in [1.807, 2.05) is 13.8 Å². The fraction of sp³-hybridized carbons (Fsp3) is 0.750. The summed E-state index contributed by atoms with van der Waals surface area (Å²) in [5.74, 6) is 0.311. The van der Waals surface area contributed by atoms with Gasteiger partial charge in [0.05, 0.1) is 19.7 Å². The maximum Gasteiger partial charge on any atom is 0.320 e. The van der Waals surface area contributed by atoms with Gasteiger partial charge in [-0.15, -0.1) is 0 Å². The molecule has 0 aliphatic heterocycles. The maximum atomic E-state index is 11.2. The fourth-order valence-corrected chi connectivity index (χ4v) is 1.62. The molecule has 0 spiro atoms. The van der Waals surface area contributed by atoms with Crippen molar-refractivity contribution < 1.29 is 19.5 Å². The standard InChI is InChI=1S/C8H16NO4P/c1-6(2)13-5-14(12)4-3-7(9)8(10)11/h4,6-7H,3,5,9H2,1-2H3,(H,10,11)/t7-/m0/s1. The molecule has 3 N–H and O–H groups in total. The number of nitrogens with two attached hydrogens (primary N) is 1. The van der Waals surface area contributed by atoms with Crippen molar-refractivity contribution in [3.8, 4) is 0 Å². The molecule has 2 atom stereocenters. The summed E-state index contributed by atoms with van der Waals surface area (Å²) in [5, 5.41) is 8.44. The van der Waals surface area contributed by atoms with Crippen molar-refractivity contribution in [1.82, 2.24) is 0 Å². The molecule has 0 aromatic heterocycles. The van der Waals surface area contributed by atoms with Gasteiger partial charge in [-0.25, -0.2) is 0 Å². The van der Waals surface area contributed by atoms with Crippen LogP contribution < -0.4 is 10.6 Å². The zero-order valence-corrected chi connectivity index (χ0v) is 9.24. The summed E-state index contributed by atoms with van der Waals surface area (Å²) < 4.78 is 5.09. The topological polar surface area (TPSA) is 95.6 Å². The van der Waals surface area contributed by atoms with E-state index in [4.69, 9.17) is 15.6 Å². The Labute approximate surface area is 84.3 Å². The Balaban J connectivity index is 3.82. The first-order valence-electron chi connectivity index (χ1n) is 4.30. The molecule has 0 rings (SSSR count). The third-order valence-electron chi connectivity index (χ3n) is 1.42. The number of hydrogen-bond acceptors (Lipinski definition) is 4. The Bertz CT molecular complexity index is 217. The average molecular weight is 221 g/mol. The van der Waals surface area contributed by atoms with Crippen LogP contribution in [0.5, 0.6) is 0 Å². The van der Waals surface area contributed by atoms with E-state index in [1.54, 1.807) is 0 Å². The molecule has 0 aliphatic rings. The lowest BCUT2D eigenvalue weighted by Gasteiger charge is -2.05. The zero-order valence-electron chi connectivity index (χ0n) is 8.34. The lowest BCUT2D eigenvalue weighted by Crippen LogP contribution is -2.30. The minimum atomic E-state index is -1.61. The second-order valence-corrected chi connectivity index (χ2v) is 4.58. The van der Waals surface area contributed by atoms with Gasteiger partial charge in [0.25, 0.3) is 0 Å². The van der Waals surface area contributed by atoms with E-state index in [9.17, 15) is 9.69 Å². The van der Waals surface area contributed by atoms with Gasteiger partial charge in [-0.2, -0.15) is 0 Å². The Morgan fingerprint density at radius 3 is 2.71 bits per heavy atom. The number of ether oxygens (including phenoxy) is 1. The van der Waals surface area contributed by atoms with Gasteiger partial charge in [-0.05, 0) is 13.8 Å². The molecule has 0 aromatic carbocycles. The molecule has 0 saturated carbocycles. The molecule has 6 heteroatoms. The first-order chi connectivity index (χ1) is 6.43. The molecule has 0 bridgehead atoms. The van der Waals surface area contributed by atoms with E-state index < -0.39 is 19.8 Å². The average Bonchev–Trinajstić information content (AvgIpc) is 2.10. The monoisotopic (exact) mass is 221 g/mol. The molecular formula is C8H16NO4P. The number of rotatable bonds is 6. The number of carboxylic acid groups (broad SMARTS) is 1. The third-order valence-corrected chi connectivity index (χ3v) is 2.44. The van der Waals surface area contributed by atoms with E-state index in [1.165, 1.54) is 5.80 Å². The van der Waals surface area contributed by atoms with Gasteiger partial charge in [-0.1, -0.05) is 0 Å². The van der Waals surface area contributed by atoms with Crippen molar-refractivity contribution in [2.45, 2.75) is 32.4 Å². The smallest absolute Gasteiger partial charge is 0.320 e. The molecule has 0 saturated heterocycles. The lowest BCUT2D eigenvalue weighted by atomic mass is 10.2. The highest BCUT2D eigenvalue weighted by molar-refractivity contribution is 7.49. The molecule has 0 aliphatic carbocycles. The van der Waals surface area contributed by atoms with Crippen LogP contribution in [0.15, 0.2) is 0 Å². The lowest BCUT2D eigenvalue weighted by molar-refractivity contribution is -0.157. The fourth-order valence-electron chi connectivity index (χ4n) is 0.607. The van der Waals surface area contributed by atoms with Gasteiger partial charge in [0.1, 0.15) is 6.04 Å². The van der Waals surface area contributed by atoms with Crippen LogP contribution in [0, 0.1) is 0 Å². The summed E-state index contributed by atoms with van der Waals surface area (Å²) >= 11 is 0. The highest BCUT2D eigenvalue weighted by Crippen LogP contribution is 2.11. The van der Waals surface area contributed by atoms with Gasteiger partial charge >= 0.3 is 5.97 Å². The van der Waals surface area contributed by atoms with Crippen LogP contribution in [0.3, 0.4) is 0 Å². The molecule has 0 radical (unpaired) electrons. The zero-order chi connectivity index (χ0) is 11.1. The van der Waals surface area contributed by atoms with Crippen LogP contribution in [-0.2, 0) is 9.53 Å². The number of carbonyl (C=O) groups is 1. The highest BCUT2D eigenvalue weighted by atomic mass is 31.1. The predicted octanol–water partition coefficient (Wildman–Crippen LogP) is -0.270. The van der Waals surface area contributed by atoms with Crippen molar-refractivity contribution in [2.75, 3.05) is 6.35 Å². The molecule has 0 heterocycles. The molecule has 5 nitrogen and oxygen atoms in total. The molecule has 0 amide bonds.